The summed E-state index contributed by atoms with van der Waals surface area (Å²) in [5.41, 5.74) is 5.66. The molecule has 0 fully saturated rings. The van der Waals surface area contributed by atoms with E-state index in [1.807, 2.05) is 0 Å². The standard InChI is InChI=1S/C16H24N4O4/c1-9(21)18-10-6-7-12(24-5)11(8-10)19-15(23)20-13(14(17)22)16(2,3)4/h6-8,13H,1-5H3,(H2,17,22)(H,18,21)(H2,19,20,23)/t13-/m1/s1. The van der Waals surface area contributed by atoms with Crippen molar-refractivity contribution in [3.05, 3.63) is 18.2 Å². The van der Waals surface area contributed by atoms with E-state index >= 15 is 0 Å². The van der Waals surface area contributed by atoms with Crippen LogP contribution in [0.15, 0.2) is 18.2 Å². The molecule has 1 aromatic rings. The predicted octanol–water partition coefficient (Wildman–Crippen LogP) is 1.68. The van der Waals surface area contributed by atoms with Gasteiger partial charge in [0.25, 0.3) is 0 Å². The van der Waals surface area contributed by atoms with Crippen molar-refractivity contribution in [2.75, 3.05) is 17.7 Å². The van der Waals surface area contributed by atoms with Gasteiger partial charge in [0.15, 0.2) is 0 Å². The maximum Gasteiger partial charge on any atom is 0.320 e. The zero-order chi connectivity index (χ0) is 18.5. The highest BCUT2D eigenvalue weighted by Crippen LogP contribution is 2.28. The Morgan fingerprint density at radius 1 is 1.17 bits per heavy atom. The second kappa shape index (κ2) is 7.67. The van der Waals surface area contributed by atoms with Crippen molar-refractivity contribution < 1.29 is 19.1 Å². The average Bonchev–Trinajstić information content (AvgIpc) is 2.43. The molecule has 5 N–H and O–H groups in total. The van der Waals surface area contributed by atoms with Crippen LogP contribution in [0.5, 0.6) is 5.75 Å². The number of hydrogen-bond acceptors (Lipinski definition) is 4. The summed E-state index contributed by atoms with van der Waals surface area (Å²) in [5, 5.41) is 7.76. The quantitative estimate of drug-likeness (QED) is 0.653. The fourth-order valence-electron chi connectivity index (χ4n) is 2.09. The first-order valence-electron chi connectivity index (χ1n) is 7.37. The van der Waals surface area contributed by atoms with E-state index in [0.29, 0.717) is 17.1 Å². The first kappa shape index (κ1) is 19.3. The molecular formula is C16H24N4O4. The summed E-state index contributed by atoms with van der Waals surface area (Å²) in [6, 6.07) is 3.35. The molecule has 0 heterocycles. The zero-order valence-corrected chi connectivity index (χ0v) is 14.5. The van der Waals surface area contributed by atoms with Crippen LogP contribution in [0.3, 0.4) is 0 Å². The van der Waals surface area contributed by atoms with Gasteiger partial charge in [0.05, 0.1) is 12.8 Å². The fraction of sp³-hybridized carbons (Fsp3) is 0.438. The number of nitrogens with one attached hydrogen (secondary N) is 3. The van der Waals surface area contributed by atoms with Crippen molar-refractivity contribution in [2.45, 2.75) is 33.7 Å². The number of carbonyl (C=O) groups excluding carboxylic acids is 3. The maximum absolute atomic E-state index is 12.2. The highest BCUT2D eigenvalue weighted by Gasteiger charge is 2.31. The van der Waals surface area contributed by atoms with E-state index in [-0.39, 0.29) is 5.91 Å². The second-order valence-electron chi connectivity index (χ2n) is 6.40. The van der Waals surface area contributed by atoms with Crippen LogP contribution >= 0.6 is 0 Å². The number of hydrogen-bond donors (Lipinski definition) is 4. The molecule has 0 saturated heterocycles. The molecule has 1 atom stereocenters. The van der Waals surface area contributed by atoms with Crippen LogP contribution in [0.4, 0.5) is 16.2 Å². The van der Waals surface area contributed by atoms with Gasteiger partial charge in [-0.3, -0.25) is 9.59 Å². The molecule has 8 heteroatoms. The number of benzene rings is 1. The smallest absolute Gasteiger partial charge is 0.320 e. The van der Waals surface area contributed by atoms with Gasteiger partial charge in [0.2, 0.25) is 11.8 Å². The molecule has 0 radical (unpaired) electrons. The van der Waals surface area contributed by atoms with Gasteiger partial charge in [-0.2, -0.15) is 0 Å². The van der Waals surface area contributed by atoms with E-state index in [1.165, 1.54) is 14.0 Å². The molecule has 4 amide bonds. The summed E-state index contributed by atoms with van der Waals surface area (Å²) < 4.78 is 5.18. The van der Waals surface area contributed by atoms with Crippen molar-refractivity contribution in [3.63, 3.8) is 0 Å². The molecule has 0 saturated carbocycles. The van der Waals surface area contributed by atoms with Crippen molar-refractivity contribution in [1.82, 2.24) is 5.32 Å². The predicted molar refractivity (Wildman–Crippen MR) is 91.9 cm³/mol. The van der Waals surface area contributed by atoms with Crippen molar-refractivity contribution in [3.8, 4) is 5.75 Å². The fourth-order valence-corrected chi connectivity index (χ4v) is 2.09. The Labute approximate surface area is 141 Å². The van der Waals surface area contributed by atoms with Gasteiger partial charge in [0.1, 0.15) is 11.8 Å². The third kappa shape index (κ3) is 5.45. The minimum absolute atomic E-state index is 0.239. The monoisotopic (exact) mass is 336 g/mol. The molecule has 0 aliphatic carbocycles. The summed E-state index contributed by atoms with van der Waals surface area (Å²) >= 11 is 0. The molecule has 0 unspecified atom stereocenters. The number of primary amides is 1. The van der Waals surface area contributed by atoms with E-state index in [0.717, 1.165) is 0 Å². The number of urea groups is 1. The van der Waals surface area contributed by atoms with Gasteiger partial charge in [-0.25, -0.2) is 4.79 Å². The van der Waals surface area contributed by atoms with Crippen molar-refractivity contribution in [1.29, 1.82) is 0 Å². The summed E-state index contributed by atoms with van der Waals surface area (Å²) in [6.07, 6.45) is 0. The lowest BCUT2D eigenvalue weighted by atomic mass is 9.86. The normalized spacial score (nSPS) is 12.0. The van der Waals surface area contributed by atoms with Gasteiger partial charge in [0, 0.05) is 12.6 Å². The van der Waals surface area contributed by atoms with Crippen LogP contribution in [0.1, 0.15) is 27.7 Å². The minimum Gasteiger partial charge on any atom is -0.495 e. The van der Waals surface area contributed by atoms with Gasteiger partial charge < -0.3 is 26.4 Å². The Kier molecular flexibility index (Phi) is 6.16. The van der Waals surface area contributed by atoms with Gasteiger partial charge in [-0.15, -0.1) is 0 Å². The van der Waals surface area contributed by atoms with Crippen LogP contribution in [-0.4, -0.2) is 31.0 Å². The van der Waals surface area contributed by atoms with E-state index in [2.05, 4.69) is 16.0 Å². The topological polar surface area (TPSA) is 123 Å². The van der Waals surface area contributed by atoms with Crippen LogP contribution in [-0.2, 0) is 9.59 Å². The first-order valence-corrected chi connectivity index (χ1v) is 7.37. The molecule has 132 valence electrons. The summed E-state index contributed by atoms with van der Waals surface area (Å²) in [4.78, 5) is 34.9. The Morgan fingerprint density at radius 2 is 1.79 bits per heavy atom. The van der Waals surface area contributed by atoms with E-state index < -0.39 is 23.4 Å². The van der Waals surface area contributed by atoms with E-state index in [4.69, 9.17) is 10.5 Å². The zero-order valence-electron chi connectivity index (χ0n) is 14.5. The Bertz CT molecular complexity index is 637. The van der Waals surface area contributed by atoms with Crippen LogP contribution < -0.4 is 26.4 Å². The first-order chi connectivity index (χ1) is 11.0. The Morgan fingerprint density at radius 3 is 2.25 bits per heavy atom. The highest BCUT2D eigenvalue weighted by molar-refractivity contribution is 5.96. The number of anilines is 2. The third-order valence-corrected chi connectivity index (χ3v) is 3.19. The van der Waals surface area contributed by atoms with Gasteiger partial charge in [-0.1, -0.05) is 20.8 Å². The van der Waals surface area contributed by atoms with Crippen LogP contribution in [0.2, 0.25) is 0 Å². The largest absolute Gasteiger partial charge is 0.495 e. The van der Waals surface area contributed by atoms with Crippen molar-refractivity contribution >= 4 is 29.2 Å². The number of carbonyl (C=O) groups is 3. The Balaban J connectivity index is 2.96. The number of nitrogens with two attached hydrogens (primary N) is 1. The van der Waals surface area contributed by atoms with Crippen LogP contribution in [0, 0.1) is 5.41 Å². The number of methoxy groups -OCH3 is 1. The molecule has 1 aromatic carbocycles. The Hall–Kier alpha value is -2.77. The molecule has 0 bridgehead atoms. The maximum atomic E-state index is 12.2. The summed E-state index contributed by atoms with van der Waals surface area (Å²) in [7, 11) is 1.46. The van der Waals surface area contributed by atoms with Crippen LogP contribution in [0.25, 0.3) is 0 Å². The number of ether oxygens (including phenoxy) is 1. The third-order valence-electron chi connectivity index (χ3n) is 3.19. The molecule has 24 heavy (non-hydrogen) atoms. The summed E-state index contributed by atoms with van der Waals surface area (Å²) in [5.74, 6) is -0.459. The molecular weight excluding hydrogens is 312 g/mol. The van der Waals surface area contributed by atoms with E-state index in [1.54, 1.807) is 39.0 Å². The second-order valence-corrected chi connectivity index (χ2v) is 6.40. The molecule has 0 spiro atoms. The number of amides is 4. The molecule has 0 aliphatic rings. The van der Waals surface area contributed by atoms with Gasteiger partial charge in [-0.05, 0) is 23.6 Å². The average molecular weight is 336 g/mol. The highest BCUT2D eigenvalue weighted by atomic mass is 16.5. The molecule has 0 aromatic heterocycles. The lowest BCUT2D eigenvalue weighted by Gasteiger charge is -2.28. The lowest BCUT2D eigenvalue weighted by Crippen LogP contribution is -2.53. The molecule has 1 rings (SSSR count). The number of rotatable bonds is 5. The summed E-state index contributed by atoms with van der Waals surface area (Å²) in [6.45, 7) is 6.76. The molecule has 0 aliphatic heterocycles. The lowest BCUT2D eigenvalue weighted by molar-refractivity contribution is -0.122. The van der Waals surface area contributed by atoms with E-state index in [9.17, 15) is 14.4 Å². The molecule has 8 nitrogen and oxygen atoms in total. The van der Waals surface area contributed by atoms with Gasteiger partial charge >= 0.3 is 6.03 Å². The minimum atomic E-state index is -0.845. The SMILES string of the molecule is COc1ccc(NC(C)=O)cc1NC(=O)N[C@H](C(N)=O)C(C)(C)C. The van der Waals surface area contributed by atoms with Crippen molar-refractivity contribution in [2.24, 2.45) is 11.1 Å².